The molecule has 1 atom stereocenters. The van der Waals surface area contributed by atoms with Crippen molar-refractivity contribution in [2.75, 3.05) is 5.32 Å². The maximum Gasteiger partial charge on any atom is 0.354 e. The number of anilines is 1. The zero-order valence-electron chi connectivity index (χ0n) is 17.6. The smallest absolute Gasteiger partial charge is 0.354 e. The Balaban J connectivity index is 1.90. The predicted octanol–water partition coefficient (Wildman–Crippen LogP) is 3.97. The summed E-state index contributed by atoms with van der Waals surface area (Å²) in [6.07, 6.45) is 7.06. The molecular weight excluding hydrogens is 420 g/mol. The topological polar surface area (TPSA) is 118 Å². The maximum atomic E-state index is 13.1. The predicted molar refractivity (Wildman–Crippen MR) is 122 cm³/mol. The number of hydrogen-bond donors (Lipinski definition) is 3. The Kier molecular flexibility index (Phi) is 6.60. The highest BCUT2D eigenvalue weighted by molar-refractivity contribution is 8.20. The summed E-state index contributed by atoms with van der Waals surface area (Å²) in [6, 6.07) is -0.746. The molecule has 2 aliphatic carbocycles. The van der Waals surface area contributed by atoms with Gasteiger partial charge in [-0.3, -0.25) is 4.98 Å². The van der Waals surface area contributed by atoms with Crippen LogP contribution >= 0.6 is 11.8 Å². The van der Waals surface area contributed by atoms with Crippen LogP contribution < -0.4 is 10.5 Å². The van der Waals surface area contributed by atoms with Crippen LogP contribution in [0.1, 0.15) is 56.1 Å². The fourth-order valence-electron chi connectivity index (χ4n) is 3.80. The van der Waals surface area contributed by atoms with Crippen LogP contribution in [0.2, 0.25) is 0 Å². The number of carbonyl (C=O) groups excluding carboxylic acids is 1. The molecule has 0 aromatic carbocycles. The number of aliphatic hydroxyl groups is 1. The summed E-state index contributed by atoms with van der Waals surface area (Å²) in [6.45, 7) is 8.34. The molecule has 0 spiro atoms. The molecule has 0 fully saturated rings. The minimum Gasteiger partial charge on any atom is -0.385 e. The summed E-state index contributed by atoms with van der Waals surface area (Å²) in [5, 5.41) is 19.0. The first-order valence-electron chi connectivity index (χ1n) is 9.93. The minimum atomic E-state index is -3.51. The Morgan fingerprint density at radius 2 is 1.87 bits per heavy atom. The summed E-state index contributed by atoms with van der Waals surface area (Å²) in [5.41, 5.74) is 6.36. The van der Waals surface area contributed by atoms with E-state index >= 15 is 0 Å². The molecule has 1 heterocycles. The number of urea groups is 1. The molecule has 0 aliphatic heterocycles. The number of thioether (sulfide) groups is 1. The average Bonchev–Trinajstić information content (AvgIpc) is 3.29. The van der Waals surface area contributed by atoms with Gasteiger partial charge in [0.25, 0.3) is 0 Å². The van der Waals surface area contributed by atoms with Gasteiger partial charge in [-0.05, 0) is 70.4 Å². The molecule has 1 aromatic rings. The van der Waals surface area contributed by atoms with Gasteiger partial charge in [-0.25, -0.2) is 14.1 Å². The minimum absolute atomic E-state index is 0.163. The Bertz CT molecular complexity index is 1050. The lowest BCUT2D eigenvalue weighted by molar-refractivity contribution is 0.129. The third kappa shape index (κ3) is 4.71. The van der Waals surface area contributed by atoms with E-state index in [1.165, 1.54) is 6.08 Å². The van der Waals surface area contributed by atoms with Crippen molar-refractivity contribution in [3.63, 3.8) is 0 Å². The highest BCUT2D eigenvalue weighted by atomic mass is 32.3. The van der Waals surface area contributed by atoms with Gasteiger partial charge >= 0.3 is 6.03 Å². The normalized spacial score (nSPS) is 17.6. The molecule has 4 N–H and O–H groups in total. The number of fused-ring (bicyclic) bond motifs is 2. The van der Waals surface area contributed by atoms with Crippen molar-refractivity contribution in [3.05, 3.63) is 50.0 Å². The molecule has 2 amide bonds. The number of nitrogens with two attached hydrogens (primary N) is 1. The second kappa shape index (κ2) is 8.69. The van der Waals surface area contributed by atoms with Gasteiger partial charge in [0.05, 0.1) is 20.4 Å². The van der Waals surface area contributed by atoms with Crippen LogP contribution in [0.25, 0.3) is 0 Å². The van der Waals surface area contributed by atoms with Crippen LogP contribution in [0.3, 0.4) is 0 Å². The first kappa shape index (κ1) is 22.8. The molecule has 3 rings (SSSR count). The van der Waals surface area contributed by atoms with Gasteiger partial charge < -0.3 is 10.4 Å². The molecule has 30 heavy (non-hydrogen) atoms. The van der Waals surface area contributed by atoms with Crippen molar-refractivity contribution in [1.82, 2.24) is 4.98 Å². The molecular formula is C21H28N4O3S2. The second-order valence-corrected chi connectivity index (χ2v) is 11.0. The lowest BCUT2D eigenvalue weighted by Gasteiger charge is -2.20. The second-order valence-electron chi connectivity index (χ2n) is 7.91. The Hall–Kier alpha value is -1.90. The highest BCUT2D eigenvalue weighted by Gasteiger charge is 2.28. The molecule has 0 saturated carbocycles. The van der Waals surface area contributed by atoms with E-state index in [2.05, 4.69) is 22.0 Å². The van der Waals surface area contributed by atoms with E-state index in [9.17, 15) is 14.1 Å². The Morgan fingerprint density at radius 1 is 1.30 bits per heavy atom. The molecule has 2 aliphatic rings. The number of aryl methyl sites for hydroxylation is 2. The first-order valence-corrected chi connectivity index (χ1v) is 12.3. The van der Waals surface area contributed by atoms with Crippen LogP contribution in [0.15, 0.2) is 31.9 Å². The number of nitrogens with one attached hydrogen (secondary N) is 1. The third-order valence-electron chi connectivity index (χ3n) is 5.14. The SMILES string of the molecule is C=C=C(S/C(=C\C)S(N)(=O)=NC(=O)Nc1c2c(nc3c1CCC3)CCC2)C(C)(C)O. The largest absolute Gasteiger partial charge is 0.385 e. The fraction of sp³-hybridized carbons (Fsp3) is 0.476. The third-order valence-corrected chi connectivity index (χ3v) is 8.64. The zero-order chi connectivity index (χ0) is 22.1. The van der Waals surface area contributed by atoms with Gasteiger partial charge in [-0.1, -0.05) is 24.4 Å². The number of rotatable bonds is 5. The summed E-state index contributed by atoms with van der Waals surface area (Å²) in [7, 11) is -3.51. The Labute approximate surface area is 182 Å². The van der Waals surface area contributed by atoms with Crippen molar-refractivity contribution in [1.29, 1.82) is 0 Å². The van der Waals surface area contributed by atoms with Gasteiger partial charge in [0.2, 0.25) is 0 Å². The molecule has 9 heteroatoms. The van der Waals surface area contributed by atoms with E-state index in [0.29, 0.717) is 4.91 Å². The number of amides is 2. The van der Waals surface area contributed by atoms with Gasteiger partial charge in [0.15, 0.2) is 0 Å². The van der Waals surface area contributed by atoms with E-state index in [1.807, 2.05) is 0 Å². The standard InChI is InChI=1S/C21H28N4O3S2/c1-5-17(21(3,4)27)29-18(6-2)30(22,28)25-20(26)24-19-13-9-7-11-15(13)23-16-12-8-10-14(16)19/h6,27H,1,7-12H2,2-4H3,(H3,22,23,24,25,26,28)/b18-6+. The van der Waals surface area contributed by atoms with Crippen molar-refractivity contribution in [3.8, 4) is 0 Å². The lowest BCUT2D eigenvalue weighted by Crippen LogP contribution is -2.22. The van der Waals surface area contributed by atoms with E-state index < -0.39 is 21.5 Å². The summed E-state index contributed by atoms with van der Waals surface area (Å²) >= 11 is 0.962. The van der Waals surface area contributed by atoms with E-state index in [-0.39, 0.29) is 4.24 Å². The maximum absolute atomic E-state index is 13.1. The van der Waals surface area contributed by atoms with Crippen LogP contribution in [0.5, 0.6) is 0 Å². The number of nitrogens with zero attached hydrogens (tertiary/aromatic N) is 2. The molecule has 0 saturated heterocycles. The molecule has 7 nitrogen and oxygen atoms in total. The van der Waals surface area contributed by atoms with Crippen molar-refractivity contribution < 1.29 is 14.1 Å². The van der Waals surface area contributed by atoms with Gasteiger partial charge in [0, 0.05) is 11.4 Å². The quantitative estimate of drug-likeness (QED) is 0.589. The van der Waals surface area contributed by atoms with Gasteiger partial charge in [-0.15, -0.1) is 10.1 Å². The number of carbonyl (C=O) groups is 1. The van der Waals surface area contributed by atoms with E-state index in [1.54, 1.807) is 20.8 Å². The number of hydrogen-bond acceptors (Lipinski definition) is 5. The molecule has 1 unspecified atom stereocenters. The average molecular weight is 449 g/mol. The fourth-order valence-corrected chi connectivity index (χ4v) is 6.00. The molecule has 1 aromatic heterocycles. The molecule has 162 valence electrons. The van der Waals surface area contributed by atoms with E-state index in [4.69, 9.17) is 10.1 Å². The summed E-state index contributed by atoms with van der Waals surface area (Å²) in [4.78, 5) is 17.8. The Morgan fingerprint density at radius 3 is 2.33 bits per heavy atom. The summed E-state index contributed by atoms with van der Waals surface area (Å²) in [5.74, 6) is 0. The first-order chi connectivity index (χ1) is 14.1. The van der Waals surface area contributed by atoms with Crippen molar-refractivity contribution in [2.45, 2.75) is 64.9 Å². The van der Waals surface area contributed by atoms with Crippen LogP contribution in [0.4, 0.5) is 10.5 Å². The van der Waals surface area contributed by atoms with Gasteiger partial charge in [-0.2, -0.15) is 0 Å². The van der Waals surface area contributed by atoms with Crippen LogP contribution in [-0.4, -0.2) is 25.9 Å². The van der Waals surface area contributed by atoms with Crippen LogP contribution in [-0.2, 0) is 35.6 Å². The molecule has 0 radical (unpaired) electrons. The number of allylic oxidation sites excluding steroid dienone is 1. The lowest BCUT2D eigenvalue weighted by atomic mass is 10.1. The van der Waals surface area contributed by atoms with Gasteiger partial charge in [0.1, 0.15) is 9.92 Å². The van der Waals surface area contributed by atoms with Crippen molar-refractivity contribution >= 4 is 33.4 Å². The van der Waals surface area contributed by atoms with Crippen LogP contribution in [0, 0.1) is 0 Å². The van der Waals surface area contributed by atoms with Crippen molar-refractivity contribution in [2.24, 2.45) is 9.50 Å². The highest BCUT2D eigenvalue weighted by Crippen LogP contribution is 2.37. The summed E-state index contributed by atoms with van der Waals surface area (Å²) < 4.78 is 17.0. The molecule has 0 bridgehead atoms. The monoisotopic (exact) mass is 448 g/mol. The zero-order valence-corrected chi connectivity index (χ0v) is 19.2. The number of pyridine rings is 1. The number of aromatic nitrogens is 1. The van der Waals surface area contributed by atoms with E-state index in [0.717, 1.165) is 78.5 Å².